The quantitative estimate of drug-likeness (QED) is 0.381. The van der Waals surface area contributed by atoms with E-state index in [0.717, 1.165) is 27.6 Å². The molecule has 0 aliphatic carbocycles. The van der Waals surface area contributed by atoms with Crippen LogP contribution in [0.25, 0.3) is 50.1 Å². The Hall–Kier alpha value is -5.04. The Kier molecular flexibility index (Phi) is 5.15. The first kappa shape index (κ1) is 21.5. The number of amides is 1. The molecule has 7 heteroatoms. The highest BCUT2D eigenvalue weighted by Gasteiger charge is 2.25. The molecular weight excluding hydrogens is 450 g/mol. The van der Waals surface area contributed by atoms with Gasteiger partial charge in [-0.2, -0.15) is 9.61 Å². The maximum Gasteiger partial charge on any atom is 0.283 e. The topological polar surface area (TPSA) is 92.1 Å². The molecule has 0 radical (unpaired) electrons. The maximum absolute atomic E-state index is 14.0. The molecule has 6 aromatic rings. The molecule has 3 aromatic carbocycles. The molecule has 0 spiro atoms. The van der Waals surface area contributed by atoms with E-state index in [4.69, 9.17) is 5.10 Å². The molecule has 3 aromatic heterocycles. The fourth-order valence-corrected chi connectivity index (χ4v) is 4.54. The van der Waals surface area contributed by atoms with Crippen LogP contribution >= 0.6 is 0 Å². The van der Waals surface area contributed by atoms with Crippen molar-refractivity contribution in [3.8, 4) is 33.5 Å². The molecule has 3 heterocycles. The SMILES string of the molecule is CNC(=O)c1[nH]c2c(-c3ccccc3)c(-c3ccccc3)nn2c(=O)c1-c1ccc2ncccc2c1. The van der Waals surface area contributed by atoms with Crippen LogP contribution in [0, 0.1) is 0 Å². The summed E-state index contributed by atoms with van der Waals surface area (Å²) in [4.78, 5) is 34.7. The number of H-pyrrole nitrogens is 1. The number of pyridine rings is 1. The molecule has 0 atom stereocenters. The van der Waals surface area contributed by atoms with Crippen molar-refractivity contribution in [1.82, 2.24) is 24.9 Å². The van der Waals surface area contributed by atoms with Gasteiger partial charge in [0.15, 0.2) is 0 Å². The first-order valence-electron chi connectivity index (χ1n) is 11.5. The number of aromatic nitrogens is 4. The van der Waals surface area contributed by atoms with E-state index >= 15 is 0 Å². The Morgan fingerprint density at radius 2 is 1.56 bits per heavy atom. The van der Waals surface area contributed by atoms with E-state index in [1.807, 2.05) is 84.9 Å². The zero-order valence-corrected chi connectivity index (χ0v) is 19.4. The number of aromatic amines is 1. The third-order valence-corrected chi connectivity index (χ3v) is 6.24. The van der Waals surface area contributed by atoms with Crippen LogP contribution in [0.4, 0.5) is 0 Å². The Morgan fingerprint density at radius 1 is 0.833 bits per heavy atom. The minimum Gasteiger partial charge on any atom is -0.354 e. The highest BCUT2D eigenvalue weighted by Crippen LogP contribution is 2.35. The van der Waals surface area contributed by atoms with Gasteiger partial charge in [-0.1, -0.05) is 72.8 Å². The Morgan fingerprint density at radius 3 is 2.28 bits per heavy atom. The summed E-state index contributed by atoms with van der Waals surface area (Å²) in [5.74, 6) is -0.391. The van der Waals surface area contributed by atoms with Gasteiger partial charge in [0.1, 0.15) is 17.0 Å². The molecule has 36 heavy (non-hydrogen) atoms. The maximum atomic E-state index is 14.0. The Bertz CT molecular complexity index is 1810. The van der Waals surface area contributed by atoms with Crippen molar-refractivity contribution in [3.63, 3.8) is 0 Å². The predicted octanol–water partition coefficient (Wildman–Crippen LogP) is 4.93. The molecule has 0 saturated carbocycles. The molecule has 0 unspecified atom stereocenters. The average molecular weight is 472 g/mol. The summed E-state index contributed by atoms with van der Waals surface area (Å²) in [6, 6.07) is 28.7. The van der Waals surface area contributed by atoms with Crippen LogP contribution in [-0.2, 0) is 0 Å². The van der Waals surface area contributed by atoms with Crippen LogP contribution in [0.3, 0.4) is 0 Å². The minimum absolute atomic E-state index is 0.176. The summed E-state index contributed by atoms with van der Waals surface area (Å²) in [6.45, 7) is 0. The third-order valence-electron chi connectivity index (χ3n) is 6.24. The van der Waals surface area contributed by atoms with E-state index in [0.29, 0.717) is 16.9 Å². The second kappa shape index (κ2) is 8.63. The molecule has 174 valence electrons. The largest absolute Gasteiger partial charge is 0.354 e. The first-order chi connectivity index (χ1) is 17.7. The van der Waals surface area contributed by atoms with Gasteiger partial charge in [-0.25, -0.2) is 0 Å². The third kappa shape index (κ3) is 3.45. The number of nitrogens with one attached hydrogen (secondary N) is 2. The van der Waals surface area contributed by atoms with Gasteiger partial charge in [-0.05, 0) is 29.3 Å². The second-order valence-corrected chi connectivity index (χ2v) is 8.39. The van der Waals surface area contributed by atoms with Crippen LogP contribution < -0.4 is 10.9 Å². The lowest BCUT2D eigenvalue weighted by atomic mass is 10.00. The number of hydrogen-bond donors (Lipinski definition) is 2. The lowest BCUT2D eigenvalue weighted by Crippen LogP contribution is -2.27. The summed E-state index contributed by atoms with van der Waals surface area (Å²) in [6.07, 6.45) is 1.72. The molecule has 0 aliphatic rings. The molecule has 1 amide bonds. The smallest absolute Gasteiger partial charge is 0.283 e. The first-order valence-corrected chi connectivity index (χ1v) is 11.5. The number of carbonyl (C=O) groups is 1. The van der Waals surface area contributed by atoms with Crippen molar-refractivity contribution >= 4 is 22.5 Å². The van der Waals surface area contributed by atoms with E-state index in [-0.39, 0.29) is 16.8 Å². The fraction of sp³-hybridized carbons (Fsp3) is 0.0345. The molecule has 6 rings (SSSR count). The van der Waals surface area contributed by atoms with Gasteiger partial charge in [0.25, 0.3) is 11.5 Å². The van der Waals surface area contributed by atoms with Crippen molar-refractivity contribution < 1.29 is 4.79 Å². The van der Waals surface area contributed by atoms with Crippen molar-refractivity contribution in [1.29, 1.82) is 0 Å². The number of fused-ring (bicyclic) bond motifs is 2. The van der Waals surface area contributed by atoms with E-state index in [1.165, 1.54) is 4.52 Å². The number of nitrogens with zero attached hydrogens (tertiary/aromatic N) is 3. The van der Waals surface area contributed by atoms with Gasteiger partial charge in [0, 0.05) is 24.2 Å². The lowest BCUT2D eigenvalue weighted by Gasteiger charge is -2.11. The van der Waals surface area contributed by atoms with Gasteiger partial charge >= 0.3 is 0 Å². The zero-order valence-electron chi connectivity index (χ0n) is 19.4. The summed E-state index contributed by atoms with van der Waals surface area (Å²) in [5.41, 5.74) is 5.05. The highest BCUT2D eigenvalue weighted by molar-refractivity contribution is 6.01. The van der Waals surface area contributed by atoms with E-state index in [9.17, 15) is 9.59 Å². The number of benzene rings is 3. The van der Waals surface area contributed by atoms with E-state index < -0.39 is 5.91 Å². The zero-order chi connectivity index (χ0) is 24.6. The van der Waals surface area contributed by atoms with Gasteiger partial charge in [0.2, 0.25) is 0 Å². The number of rotatable bonds is 4. The number of hydrogen-bond acceptors (Lipinski definition) is 4. The van der Waals surface area contributed by atoms with Crippen LogP contribution in [0.5, 0.6) is 0 Å². The van der Waals surface area contributed by atoms with E-state index in [1.54, 1.807) is 19.3 Å². The van der Waals surface area contributed by atoms with Crippen LogP contribution in [0.1, 0.15) is 10.5 Å². The molecule has 2 N–H and O–H groups in total. The highest BCUT2D eigenvalue weighted by atomic mass is 16.2. The normalized spacial score (nSPS) is 11.1. The van der Waals surface area contributed by atoms with Crippen molar-refractivity contribution in [2.75, 3.05) is 7.05 Å². The van der Waals surface area contributed by atoms with Gasteiger partial charge in [-0.15, -0.1) is 0 Å². The van der Waals surface area contributed by atoms with Crippen LogP contribution in [-0.4, -0.2) is 32.5 Å². The van der Waals surface area contributed by atoms with Gasteiger partial charge in [0.05, 0.1) is 16.6 Å². The number of carbonyl (C=O) groups excluding carboxylic acids is 1. The summed E-state index contributed by atoms with van der Waals surface area (Å²) < 4.78 is 1.36. The van der Waals surface area contributed by atoms with Crippen LogP contribution in [0.15, 0.2) is 102 Å². The summed E-state index contributed by atoms with van der Waals surface area (Å²) in [5, 5.41) is 8.30. The molecule has 0 bridgehead atoms. The second-order valence-electron chi connectivity index (χ2n) is 8.39. The lowest BCUT2D eigenvalue weighted by molar-refractivity contribution is 0.0959. The summed E-state index contributed by atoms with van der Waals surface area (Å²) >= 11 is 0. The average Bonchev–Trinajstić information content (AvgIpc) is 3.33. The fourth-order valence-electron chi connectivity index (χ4n) is 4.54. The monoisotopic (exact) mass is 471 g/mol. The minimum atomic E-state index is -0.391. The molecular formula is C29H21N5O2. The van der Waals surface area contributed by atoms with Crippen molar-refractivity contribution in [2.45, 2.75) is 0 Å². The van der Waals surface area contributed by atoms with E-state index in [2.05, 4.69) is 15.3 Å². The van der Waals surface area contributed by atoms with Gasteiger partial charge in [-0.3, -0.25) is 14.6 Å². The predicted molar refractivity (Wildman–Crippen MR) is 141 cm³/mol. The molecule has 0 fully saturated rings. The standard InChI is InChI=1S/C29H21N5O2/c1-30-28(35)26-24(21-14-15-22-20(17-21)13-8-16-31-22)29(36)34-27(32-26)23(18-9-4-2-5-10-18)25(33-34)19-11-6-3-7-12-19/h2-17,32H,1H3,(H,30,35). The van der Waals surface area contributed by atoms with Gasteiger partial charge < -0.3 is 10.3 Å². The molecule has 0 aliphatic heterocycles. The molecule has 7 nitrogen and oxygen atoms in total. The van der Waals surface area contributed by atoms with Crippen LogP contribution in [0.2, 0.25) is 0 Å². The summed E-state index contributed by atoms with van der Waals surface area (Å²) in [7, 11) is 1.54. The molecule has 0 saturated heterocycles. The Labute approximate surface area is 206 Å². The Balaban J connectivity index is 1.72. The van der Waals surface area contributed by atoms with Crippen molar-refractivity contribution in [2.24, 2.45) is 0 Å². The van der Waals surface area contributed by atoms with Crippen molar-refractivity contribution in [3.05, 3.63) is 113 Å².